The van der Waals surface area contributed by atoms with Crippen molar-refractivity contribution in [3.63, 3.8) is 0 Å². The van der Waals surface area contributed by atoms with Crippen LogP contribution in [0.5, 0.6) is 0 Å². The van der Waals surface area contributed by atoms with Crippen LogP contribution in [0.2, 0.25) is 5.02 Å². The third-order valence-electron chi connectivity index (χ3n) is 11.0. The Kier molecular flexibility index (Phi) is 11.7. The molecule has 2 fully saturated rings. The lowest BCUT2D eigenvalue weighted by Crippen LogP contribution is -2.51. The zero-order valence-corrected chi connectivity index (χ0v) is 31.5. The number of carbonyl (C=O) groups excluding carboxylic acids is 2. The van der Waals surface area contributed by atoms with Crippen LogP contribution in [0.1, 0.15) is 41.6 Å². The standard InChI is InChI=1S/C40H48ClN9O4/c1-46-18-20-47(21-19-46)22-23-50-36-35(26-45-50)44-28-49(39(36)53)27-40(54)12-16-48(17-13-40)38(52)31(24-29-6-3-2-4-7-29)8-5-14-43-37(51)30-9-10-32-33(41)11-15-42-34(32)25-30/h2-4,6-7,9-11,15,25-26,28,31,54H,5,8,12-14,16-24,27H2,1H3,(H,43,51). The summed E-state index contributed by atoms with van der Waals surface area (Å²) in [5.41, 5.74) is 1.83. The first kappa shape index (κ1) is 37.6. The number of carbonyl (C=O) groups is 2. The van der Waals surface area contributed by atoms with E-state index < -0.39 is 5.60 Å². The smallest absolute Gasteiger partial charge is 0.279 e. The van der Waals surface area contributed by atoms with Crippen molar-refractivity contribution in [3.05, 3.63) is 99.8 Å². The summed E-state index contributed by atoms with van der Waals surface area (Å²) in [4.78, 5) is 56.1. The summed E-state index contributed by atoms with van der Waals surface area (Å²) in [5.74, 6) is -0.458. The second-order valence-corrected chi connectivity index (χ2v) is 15.2. The summed E-state index contributed by atoms with van der Waals surface area (Å²) in [6.07, 6.45) is 7.21. The Morgan fingerprint density at radius 1 is 0.963 bits per heavy atom. The highest BCUT2D eigenvalue weighted by atomic mass is 35.5. The molecule has 5 aromatic rings. The number of halogens is 1. The van der Waals surface area contributed by atoms with E-state index in [9.17, 15) is 19.5 Å². The van der Waals surface area contributed by atoms with E-state index in [-0.39, 0.29) is 29.8 Å². The van der Waals surface area contributed by atoms with Crippen LogP contribution < -0.4 is 10.9 Å². The first-order valence-corrected chi connectivity index (χ1v) is 19.2. The normalized spacial score (nSPS) is 17.2. The molecule has 2 saturated heterocycles. The van der Waals surface area contributed by atoms with E-state index in [2.05, 4.69) is 37.2 Å². The van der Waals surface area contributed by atoms with Gasteiger partial charge in [-0.3, -0.25) is 33.5 Å². The number of piperazine rings is 1. The highest BCUT2D eigenvalue weighted by Crippen LogP contribution is 2.27. The van der Waals surface area contributed by atoms with Gasteiger partial charge in [0.1, 0.15) is 5.52 Å². The fourth-order valence-corrected chi connectivity index (χ4v) is 7.81. The molecule has 0 spiro atoms. The van der Waals surface area contributed by atoms with Crippen molar-refractivity contribution in [2.24, 2.45) is 5.92 Å². The van der Waals surface area contributed by atoms with E-state index >= 15 is 0 Å². The number of amides is 2. The molecule has 0 bridgehead atoms. The molecule has 54 heavy (non-hydrogen) atoms. The summed E-state index contributed by atoms with van der Waals surface area (Å²) < 4.78 is 3.23. The second kappa shape index (κ2) is 16.8. The molecule has 2 aromatic carbocycles. The highest BCUT2D eigenvalue weighted by Gasteiger charge is 2.36. The third-order valence-corrected chi connectivity index (χ3v) is 11.3. The summed E-state index contributed by atoms with van der Waals surface area (Å²) >= 11 is 6.26. The van der Waals surface area contributed by atoms with Crippen molar-refractivity contribution in [2.45, 2.75) is 50.8 Å². The number of likely N-dealkylation sites (N-methyl/N-ethyl adjacent to an activating group) is 1. The summed E-state index contributed by atoms with van der Waals surface area (Å²) in [6.45, 7) is 6.66. The minimum Gasteiger partial charge on any atom is -0.388 e. The Bertz CT molecular complexity index is 2140. The molecular formula is C40H48ClN9O4. The minimum atomic E-state index is -1.16. The molecule has 2 amide bonds. The number of benzene rings is 2. The van der Waals surface area contributed by atoms with Gasteiger partial charge in [0.2, 0.25) is 5.91 Å². The van der Waals surface area contributed by atoms with Crippen LogP contribution in [0.3, 0.4) is 0 Å². The van der Waals surface area contributed by atoms with Crippen LogP contribution in [-0.4, -0.2) is 121 Å². The van der Waals surface area contributed by atoms with E-state index in [0.717, 1.165) is 43.7 Å². The molecule has 284 valence electrons. The average molecular weight is 754 g/mol. The number of aromatic nitrogens is 5. The number of nitrogens with zero attached hydrogens (tertiary/aromatic N) is 8. The molecule has 1 atom stereocenters. The predicted molar refractivity (Wildman–Crippen MR) is 208 cm³/mol. The minimum absolute atomic E-state index is 0.0363. The van der Waals surface area contributed by atoms with Gasteiger partial charge in [-0.1, -0.05) is 48.0 Å². The molecule has 2 aliphatic heterocycles. The lowest BCUT2D eigenvalue weighted by atomic mass is 9.88. The number of piperidine rings is 1. The molecule has 3 aromatic heterocycles. The van der Waals surface area contributed by atoms with Crippen LogP contribution in [0.25, 0.3) is 21.9 Å². The van der Waals surface area contributed by atoms with E-state index in [0.29, 0.717) is 85.4 Å². The van der Waals surface area contributed by atoms with E-state index in [1.807, 2.05) is 35.2 Å². The Morgan fingerprint density at radius 2 is 1.74 bits per heavy atom. The van der Waals surface area contributed by atoms with Crippen LogP contribution in [0.15, 0.2) is 78.1 Å². The van der Waals surface area contributed by atoms with Gasteiger partial charge in [0.15, 0.2) is 5.52 Å². The van der Waals surface area contributed by atoms with Gasteiger partial charge in [-0.2, -0.15) is 5.10 Å². The van der Waals surface area contributed by atoms with Crippen LogP contribution in [-0.2, 0) is 24.3 Å². The Hall–Kier alpha value is -4.69. The van der Waals surface area contributed by atoms with Crippen LogP contribution in [0.4, 0.5) is 0 Å². The molecule has 13 nitrogen and oxygen atoms in total. The van der Waals surface area contributed by atoms with Gasteiger partial charge >= 0.3 is 0 Å². The van der Waals surface area contributed by atoms with Crippen molar-refractivity contribution in [2.75, 3.05) is 59.4 Å². The highest BCUT2D eigenvalue weighted by molar-refractivity contribution is 6.35. The van der Waals surface area contributed by atoms with Crippen LogP contribution >= 0.6 is 11.6 Å². The number of rotatable bonds is 13. The van der Waals surface area contributed by atoms with Crippen molar-refractivity contribution in [1.29, 1.82) is 0 Å². The fraction of sp³-hybridized carbons (Fsp3) is 0.450. The number of pyridine rings is 1. The summed E-state index contributed by atoms with van der Waals surface area (Å²) in [6, 6.07) is 16.9. The number of likely N-dealkylation sites (tertiary alicyclic amines) is 1. The predicted octanol–water partition coefficient (Wildman–Crippen LogP) is 3.46. The van der Waals surface area contributed by atoms with Gasteiger partial charge < -0.3 is 20.2 Å². The molecular weight excluding hydrogens is 706 g/mol. The second-order valence-electron chi connectivity index (χ2n) is 14.8. The maximum atomic E-state index is 14.0. The molecule has 0 aliphatic carbocycles. The van der Waals surface area contributed by atoms with Crippen molar-refractivity contribution < 1.29 is 14.7 Å². The molecule has 14 heteroatoms. The molecule has 2 N–H and O–H groups in total. The van der Waals surface area contributed by atoms with E-state index in [4.69, 9.17) is 11.6 Å². The number of hydrogen-bond acceptors (Lipinski definition) is 9. The molecule has 7 rings (SSSR count). The summed E-state index contributed by atoms with van der Waals surface area (Å²) in [7, 11) is 2.13. The number of nitrogens with one attached hydrogen (secondary N) is 1. The SMILES string of the molecule is CN1CCN(CCn2ncc3ncn(CC4(O)CCN(C(=O)C(CCCNC(=O)c5ccc6c(Cl)ccnc6c5)Cc5ccccc5)CC4)c(=O)c32)CC1. The van der Waals surface area contributed by atoms with Gasteiger partial charge in [0, 0.05) is 75.4 Å². The van der Waals surface area contributed by atoms with Crippen molar-refractivity contribution in [3.8, 4) is 0 Å². The third kappa shape index (κ3) is 8.81. The zero-order chi connectivity index (χ0) is 37.7. The first-order chi connectivity index (χ1) is 26.2. The first-order valence-electron chi connectivity index (χ1n) is 18.9. The molecule has 5 heterocycles. The molecule has 0 saturated carbocycles. The van der Waals surface area contributed by atoms with Crippen LogP contribution in [0, 0.1) is 5.92 Å². The topological polar surface area (TPSA) is 142 Å². The molecule has 0 radical (unpaired) electrons. The Morgan fingerprint density at radius 3 is 2.52 bits per heavy atom. The van der Waals surface area contributed by atoms with E-state index in [1.165, 1.54) is 10.9 Å². The summed E-state index contributed by atoms with van der Waals surface area (Å²) in [5, 5.41) is 20.5. The number of fused-ring (bicyclic) bond motifs is 2. The maximum absolute atomic E-state index is 14.0. The largest absolute Gasteiger partial charge is 0.388 e. The van der Waals surface area contributed by atoms with Gasteiger partial charge in [0.25, 0.3) is 11.5 Å². The quantitative estimate of drug-likeness (QED) is 0.173. The maximum Gasteiger partial charge on any atom is 0.279 e. The van der Waals surface area contributed by atoms with Gasteiger partial charge in [-0.15, -0.1) is 0 Å². The van der Waals surface area contributed by atoms with Crippen molar-refractivity contribution >= 4 is 45.4 Å². The molecule has 1 unspecified atom stereocenters. The lowest BCUT2D eigenvalue weighted by molar-refractivity contribution is -0.140. The number of hydrogen-bond donors (Lipinski definition) is 2. The van der Waals surface area contributed by atoms with Gasteiger partial charge in [-0.25, -0.2) is 4.98 Å². The zero-order valence-electron chi connectivity index (χ0n) is 30.7. The monoisotopic (exact) mass is 753 g/mol. The van der Waals surface area contributed by atoms with E-state index in [1.54, 1.807) is 41.3 Å². The Balaban J connectivity index is 0.951. The average Bonchev–Trinajstić information content (AvgIpc) is 3.61. The lowest BCUT2D eigenvalue weighted by Gasteiger charge is -2.39. The van der Waals surface area contributed by atoms with Crippen molar-refractivity contribution in [1.82, 2.24) is 44.3 Å². The fourth-order valence-electron chi connectivity index (χ4n) is 7.60. The molecule has 2 aliphatic rings. The van der Waals surface area contributed by atoms with Gasteiger partial charge in [0.05, 0.1) is 41.8 Å². The Labute approximate surface area is 319 Å². The van der Waals surface area contributed by atoms with Gasteiger partial charge in [-0.05, 0) is 62.9 Å². The number of aliphatic hydroxyl groups is 1.